The minimum atomic E-state index is -3.48. The molecule has 0 amide bonds. The van der Waals surface area contributed by atoms with Gasteiger partial charge in [-0.05, 0) is 6.42 Å². The molecule has 0 spiro atoms. The molecule has 1 aromatic rings. The number of methoxy groups -OCH3 is 1. The van der Waals surface area contributed by atoms with E-state index in [1.165, 1.54) is 25.8 Å². The molecule has 1 heterocycles. The second-order valence-electron chi connectivity index (χ2n) is 3.23. The Bertz CT molecular complexity index is 460. The van der Waals surface area contributed by atoms with Gasteiger partial charge in [0.05, 0.1) is 30.9 Å². The molecule has 0 bridgehead atoms. The first-order valence-corrected chi connectivity index (χ1v) is 6.51. The average molecular weight is 259 g/mol. The van der Waals surface area contributed by atoms with Crippen molar-refractivity contribution in [3.8, 4) is 0 Å². The number of carbonyl (C=O) groups is 1. The number of hydrogen-bond acceptors (Lipinski definition) is 6. The summed E-state index contributed by atoms with van der Waals surface area (Å²) in [7, 11) is -2.22. The maximum absolute atomic E-state index is 11.6. The number of aromatic nitrogens is 2. The van der Waals surface area contributed by atoms with Crippen LogP contribution in [0.1, 0.15) is 12.8 Å². The van der Waals surface area contributed by atoms with Crippen LogP contribution in [0, 0.1) is 0 Å². The van der Waals surface area contributed by atoms with Crippen LogP contribution < -0.4 is 4.72 Å². The summed E-state index contributed by atoms with van der Waals surface area (Å²) < 4.78 is 29.8. The van der Waals surface area contributed by atoms with Crippen LogP contribution >= 0.6 is 0 Å². The van der Waals surface area contributed by atoms with Crippen LogP contribution in [0.15, 0.2) is 18.7 Å². The first-order valence-electron chi connectivity index (χ1n) is 4.86. The number of sulfonamides is 1. The van der Waals surface area contributed by atoms with E-state index in [9.17, 15) is 13.2 Å². The zero-order valence-electron chi connectivity index (χ0n) is 9.29. The third kappa shape index (κ3) is 5.25. The van der Waals surface area contributed by atoms with Crippen molar-refractivity contribution < 1.29 is 17.9 Å². The van der Waals surface area contributed by atoms with E-state index >= 15 is 0 Å². The number of esters is 1. The third-order valence-corrected chi connectivity index (χ3v) is 3.23. The molecule has 7 nitrogen and oxygen atoms in total. The molecule has 0 saturated heterocycles. The third-order valence-electron chi connectivity index (χ3n) is 1.86. The molecular weight excluding hydrogens is 246 g/mol. The van der Waals surface area contributed by atoms with Crippen LogP contribution in [0.5, 0.6) is 0 Å². The maximum Gasteiger partial charge on any atom is 0.305 e. The van der Waals surface area contributed by atoms with E-state index in [4.69, 9.17) is 0 Å². The van der Waals surface area contributed by atoms with Crippen LogP contribution in [0.4, 0.5) is 5.69 Å². The van der Waals surface area contributed by atoms with E-state index in [1.807, 2.05) is 0 Å². The summed E-state index contributed by atoms with van der Waals surface area (Å²) in [6.07, 6.45) is 4.28. The fourth-order valence-corrected chi connectivity index (χ4v) is 2.18. The standard InChI is InChI=1S/C9H13N3O4S/c1-16-9(13)3-2-4-17(14,15)12-8-5-10-7-11-6-8/h5-7,12H,2-4H2,1H3. The smallest absolute Gasteiger partial charge is 0.305 e. The summed E-state index contributed by atoms with van der Waals surface area (Å²) in [5, 5.41) is 0. The number of rotatable bonds is 6. The van der Waals surface area contributed by atoms with E-state index in [0.29, 0.717) is 5.69 Å². The van der Waals surface area contributed by atoms with Crippen molar-refractivity contribution in [2.75, 3.05) is 17.6 Å². The quantitative estimate of drug-likeness (QED) is 0.731. The lowest BCUT2D eigenvalue weighted by Gasteiger charge is -2.06. The summed E-state index contributed by atoms with van der Waals surface area (Å²) in [6, 6.07) is 0. The lowest BCUT2D eigenvalue weighted by atomic mass is 10.3. The van der Waals surface area contributed by atoms with Crippen molar-refractivity contribution in [3.05, 3.63) is 18.7 Å². The minimum absolute atomic E-state index is 0.0721. The Hall–Kier alpha value is -1.70. The highest BCUT2D eigenvalue weighted by molar-refractivity contribution is 7.92. The van der Waals surface area contributed by atoms with Crippen LogP contribution in [-0.4, -0.2) is 37.2 Å². The zero-order valence-corrected chi connectivity index (χ0v) is 10.1. The molecule has 94 valence electrons. The number of carbonyl (C=O) groups excluding carboxylic acids is 1. The summed E-state index contributed by atoms with van der Waals surface area (Å²) in [5.41, 5.74) is 0.297. The monoisotopic (exact) mass is 259 g/mol. The number of ether oxygens (including phenoxy) is 1. The fraction of sp³-hybridized carbons (Fsp3) is 0.444. The van der Waals surface area contributed by atoms with Gasteiger partial charge in [-0.2, -0.15) is 0 Å². The van der Waals surface area contributed by atoms with Crippen LogP contribution in [0.3, 0.4) is 0 Å². The van der Waals surface area contributed by atoms with Crippen molar-refractivity contribution in [1.29, 1.82) is 0 Å². The van der Waals surface area contributed by atoms with Crippen LogP contribution in [0.2, 0.25) is 0 Å². The Labute approximate surface area is 99.3 Å². The molecule has 17 heavy (non-hydrogen) atoms. The average Bonchev–Trinajstić information content (AvgIpc) is 2.29. The minimum Gasteiger partial charge on any atom is -0.469 e. The second kappa shape index (κ2) is 6.14. The number of anilines is 1. The second-order valence-corrected chi connectivity index (χ2v) is 5.07. The molecule has 0 aliphatic rings. The van der Waals surface area contributed by atoms with E-state index in [1.54, 1.807) is 0 Å². The Morgan fingerprint density at radius 2 is 2.06 bits per heavy atom. The van der Waals surface area contributed by atoms with Gasteiger partial charge in [0.15, 0.2) is 0 Å². The van der Waals surface area contributed by atoms with Gasteiger partial charge >= 0.3 is 5.97 Å². The van der Waals surface area contributed by atoms with Crippen molar-refractivity contribution in [1.82, 2.24) is 9.97 Å². The molecule has 0 radical (unpaired) electrons. The summed E-state index contributed by atoms with van der Waals surface area (Å²) in [6.45, 7) is 0. The molecule has 8 heteroatoms. The molecule has 0 saturated carbocycles. The zero-order chi connectivity index (χ0) is 12.7. The van der Waals surface area contributed by atoms with Gasteiger partial charge in [0.2, 0.25) is 10.0 Å². The molecule has 1 rings (SSSR count). The van der Waals surface area contributed by atoms with Crippen LogP contribution in [0.25, 0.3) is 0 Å². The van der Waals surface area contributed by atoms with E-state index in [-0.39, 0.29) is 18.6 Å². The van der Waals surface area contributed by atoms with Gasteiger partial charge in [-0.15, -0.1) is 0 Å². The summed E-state index contributed by atoms with van der Waals surface area (Å²) in [4.78, 5) is 18.2. The van der Waals surface area contributed by atoms with Gasteiger partial charge < -0.3 is 4.74 Å². The Balaban J connectivity index is 2.44. The molecule has 0 aliphatic heterocycles. The molecule has 1 N–H and O–H groups in total. The first kappa shape index (κ1) is 13.4. The molecule has 0 fully saturated rings. The first-order chi connectivity index (χ1) is 8.03. The number of nitrogens with one attached hydrogen (secondary N) is 1. The van der Waals surface area contributed by atoms with Crippen molar-refractivity contribution in [3.63, 3.8) is 0 Å². The van der Waals surface area contributed by atoms with Gasteiger partial charge in [-0.1, -0.05) is 0 Å². The van der Waals surface area contributed by atoms with Crippen molar-refractivity contribution in [2.24, 2.45) is 0 Å². The van der Waals surface area contributed by atoms with Crippen LogP contribution in [-0.2, 0) is 19.6 Å². The predicted molar refractivity (Wildman–Crippen MR) is 60.7 cm³/mol. The van der Waals surface area contributed by atoms with Gasteiger partial charge in [0.1, 0.15) is 6.33 Å². The maximum atomic E-state index is 11.6. The highest BCUT2D eigenvalue weighted by Crippen LogP contribution is 2.06. The van der Waals surface area contributed by atoms with Gasteiger partial charge in [-0.3, -0.25) is 9.52 Å². The molecule has 0 aliphatic carbocycles. The predicted octanol–water partition coefficient (Wildman–Crippen LogP) is 0.171. The molecule has 0 unspecified atom stereocenters. The summed E-state index contributed by atoms with van der Waals surface area (Å²) in [5.74, 6) is -0.583. The lowest BCUT2D eigenvalue weighted by Crippen LogP contribution is -2.17. The van der Waals surface area contributed by atoms with E-state index in [2.05, 4.69) is 19.4 Å². The molecule has 1 aromatic heterocycles. The molecule has 0 atom stereocenters. The molecular formula is C9H13N3O4S. The van der Waals surface area contributed by atoms with E-state index in [0.717, 1.165) is 0 Å². The van der Waals surface area contributed by atoms with Gasteiger partial charge in [-0.25, -0.2) is 18.4 Å². The fourth-order valence-electron chi connectivity index (χ4n) is 1.09. The Kier molecular flexibility index (Phi) is 4.83. The highest BCUT2D eigenvalue weighted by atomic mass is 32.2. The van der Waals surface area contributed by atoms with Gasteiger partial charge in [0, 0.05) is 6.42 Å². The topological polar surface area (TPSA) is 98.2 Å². The number of hydrogen-bond donors (Lipinski definition) is 1. The van der Waals surface area contributed by atoms with E-state index < -0.39 is 16.0 Å². The van der Waals surface area contributed by atoms with Crippen molar-refractivity contribution >= 4 is 21.7 Å². The van der Waals surface area contributed by atoms with Gasteiger partial charge in [0.25, 0.3) is 0 Å². The Morgan fingerprint density at radius 3 is 2.65 bits per heavy atom. The summed E-state index contributed by atoms with van der Waals surface area (Å²) >= 11 is 0. The lowest BCUT2D eigenvalue weighted by molar-refractivity contribution is -0.140. The normalized spacial score (nSPS) is 10.9. The van der Waals surface area contributed by atoms with Crippen molar-refractivity contribution in [2.45, 2.75) is 12.8 Å². The SMILES string of the molecule is COC(=O)CCCS(=O)(=O)Nc1cncnc1. The Morgan fingerprint density at radius 1 is 1.41 bits per heavy atom. The number of nitrogens with zero attached hydrogens (tertiary/aromatic N) is 2. The highest BCUT2D eigenvalue weighted by Gasteiger charge is 2.11. The largest absolute Gasteiger partial charge is 0.469 e. The molecule has 0 aromatic carbocycles.